The lowest BCUT2D eigenvalue weighted by molar-refractivity contribution is -0.125. The zero-order chi connectivity index (χ0) is 19.8. The Balaban J connectivity index is 1.48. The Morgan fingerprint density at radius 2 is 1.82 bits per heavy atom. The fourth-order valence-corrected chi connectivity index (χ4v) is 4.52. The van der Waals surface area contributed by atoms with E-state index < -0.39 is 35.4 Å². The second-order valence-corrected chi connectivity index (χ2v) is 7.39. The van der Waals surface area contributed by atoms with E-state index in [-0.39, 0.29) is 23.9 Å². The van der Waals surface area contributed by atoms with Crippen LogP contribution in [0.2, 0.25) is 0 Å². The normalized spacial score (nSPS) is 24.4. The van der Waals surface area contributed by atoms with Crippen molar-refractivity contribution in [1.82, 2.24) is 10.2 Å². The number of fused-ring (bicyclic) bond motifs is 1. The average Bonchev–Trinajstić information content (AvgIpc) is 3.31. The van der Waals surface area contributed by atoms with Crippen molar-refractivity contribution < 1.29 is 22.4 Å². The molecule has 0 aliphatic carbocycles. The van der Waals surface area contributed by atoms with Gasteiger partial charge in [-0.15, -0.1) is 0 Å². The third-order valence-electron chi connectivity index (χ3n) is 5.84. The van der Waals surface area contributed by atoms with Gasteiger partial charge in [0.25, 0.3) is 0 Å². The lowest BCUT2D eigenvalue weighted by Gasteiger charge is -2.24. The van der Waals surface area contributed by atoms with E-state index in [1.165, 1.54) is 0 Å². The molecule has 4 rings (SSSR count). The number of hydrogen-bond donors (Lipinski definition) is 1. The van der Waals surface area contributed by atoms with E-state index in [9.17, 15) is 22.4 Å². The SMILES string of the molecule is O=C(NCc1cc(F)c(F)c(F)c1F)[C@@H]1C[C@H](c2ccccc2)N2CCC[C@@H]12. The number of carbonyl (C=O) groups excluding carboxylic acids is 1. The van der Waals surface area contributed by atoms with Crippen molar-refractivity contribution in [3.8, 4) is 0 Å². The predicted octanol–water partition coefficient (Wildman–Crippen LogP) is 4.08. The molecule has 148 valence electrons. The Morgan fingerprint density at radius 1 is 1.07 bits per heavy atom. The Morgan fingerprint density at radius 3 is 2.57 bits per heavy atom. The summed E-state index contributed by atoms with van der Waals surface area (Å²) in [6, 6.07) is 10.8. The highest BCUT2D eigenvalue weighted by Crippen LogP contribution is 2.44. The highest BCUT2D eigenvalue weighted by atomic mass is 19.2. The van der Waals surface area contributed by atoms with Gasteiger partial charge in [0.05, 0.1) is 5.92 Å². The fourth-order valence-electron chi connectivity index (χ4n) is 4.52. The maximum absolute atomic E-state index is 13.8. The van der Waals surface area contributed by atoms with Crippen LogP contribution in [0.15, 0.2) is 36.4 Å². The van der Waals surface area contributed by atoms with Crippen LogP contribution < -0.4 is 5.32 Å². The molecule has 0 spiro atoms. The highest BCUT2D eigenvalue weighted by molar-refractivity contribution is 5.80. The summed E-state index contributed by atoms with van der Waals surface area (Å²) in [5.74, 6) is -7.23. The second kappa shape index (κ2) is 7.54. The molecule has 28 heavy (non-hydrogen) atoms. The molecule has 0 bridgehead atoms. The van der Waals surface area contributed by atoms with Gasteiger partial charge < -0.3 is 5.32 Å². The first kappa shape index (κ1) is 18.9. The average molecular weight is 392 g/mol. The van der Waals surface area contributed by atoms with Gasteiger partial charge in [0.15, 0.2) is 23.3 Å². The molecular formula is C21H20F4N2O. The largest absolute Gasteiger partial charge is 0.352 e. The van der Waals surface area contributed by atoms with Crippen LogP contribution >= 0.6 is 0 Å². The first-order valence-corrected chi connectivity index (χ1v) is 9.37. The van der Waals surface area contributed by atoms with Gasteiger partial charge >= 0.3 is 0 Å². The quantitative estimate of drug-likeness (QED) is 0.483. The van der Waals surface area contributed by atoms with Gasteiger partial charge in [0.1, 0.15) is 0 Å². The van der Waals surface area contributed by atoms with Crippen LogP contribution in [0.4, 0.5) is 17.6 Å². The van der Waals surface area contributed by atoms with E-state index in [1.807, 2.05) is 30.3 Å². The van der Waals surface area contributed by atoms with Crippen molar-refractivity contribution in [3.05, 3.63) is 70.8 Å². The molecule has 3 atom stereocenters. The molecule has 0 unspecified atom stereocenters. The maximum atomic E-state index is 13.8. The molecule has 2 aliphatic heterocycles. The molecule has 2 heterocycles. The Hall–Kier alpha value is -2.41. The first-order valence-electron chi connectivity index (χ1n) is 9.37. The van der Waals surface area contributed by atoms with Gasteiger partial charge in [0, 0.05) is 24.2 Å². The van der Waals surface area contributed by atoms with E-state index in [1.54, 1.807) is 0 Å². The molecule has 7 heteroatoms. The molecule has 0 saturated carbocycles. The second-order valence-electron chi connectivity index (χ2n) is 7.39. The van der Waals surface area contributed by atoms with E-state index in [0.717, 1.165) is 24.9 Å². The van der Waals surface area contributed by atoms with Crippen LogP contribution in [0.1, 0.15) is 36.4 Å². The molecule has 1 amide bonds. The van der Waals surface area contributed by atoms with E-state index in [4.69, 9.17) is 0 Å². The van der Waals surface area contributed by atoms with E-state index in [2.05, 4.69) is 10.2 Å². The Kier molecular flexibility index (Phi) is 5.10. The van der Waals surface area contributed by atoms with Crippen LogP contribution in [0.25, 0.3) is 0 Å². The van der Waals surface area contributed by atoms with Crippen molar-refractivity contribution >= 4 is 5.91 Å². The summed E-state index contributed by atoms with van der Waals surface area (Å²) in [7, 11) is 0. The van der Waals surface area contributed by atoms with Crippen LogP contribution in [0.3, 0.4) is 0 Å². The summed E-state index contributed by atoms with van der Waals surface area (Å²) >= 11 is 0. The zero-order valence-electron chi connectivity index (χ0n) is 15.1. The van der Waals surface area contributed by atoms with Crippen molar-refractivity contribution in [2.75, 3.05) is 6.54 Å². The van der Waals surface area contributed by atoms with E-state index >= 15 is 0 Å². The topological polar surface area (TPSA) is 32.3 Å². The summed E-state index contributed by atoms with van der Waals surface area (Å²) in [5, 5.41) is 2.58. The van der Waals surface area contributed by atoms with Crippen LogP contribution in [0.5, 0.6) is 0 Å². The molecule has 2 saturated heterocycles. The Labute approximate surface area is 160 Å². The minimum Gasteiger partial charge on any atom is -0.352 e. The number of nitrogens with zero attached hydrogens (tertiary/aromatic N) is 1. The molecule has 1 N–H and O–H groups in total. The molecular weight excluding hydrogens is 372 g/mol. The highest BCUT2D eigenvalue weighted by Gasteiger charge is 2.47. The van der Waals surface area contributed by atoms with Gasteiger partial charge in [-0.25, -0.2) is 17.6 Å². The lowest BCUT2D eigenvalue weighted by Crippen LogP contribution is -2.37. The van der Waals surface area contributed by atoms with E-state index in [0.29, 0.717) is 12.5 Å². The summed E-state index contributed by atoms with van der Waals surface area (Å²) in [6.07, 6.45) is 2.53. The number of halogens is 4. The van der Waals surface area contributed by atoms with Crippen LogP contribution in [-0.4, -0.2) is 23.4 Å². The van der Waals surface area contributed by atoms with Gasteiger partial charge in [-0.2, -0.15) is 0 Å². The number of hydrogen-bond acceptors (Lipinski definition) is 2. The monoisotopic (exact) mass is 392 g/mol. The summed E-state index contributed by atoms with van der Waals surface area (Å²) in [4.78, 5) is 15.1. The molecule has 2 fully saturated rings. The summed E-state index contributed by atoms with van der Waals surface area (Å²) in [5.41, 5.74) is 0.740. The number of nitrogens with one attached hydrogen (secondary N) is 1. The predicted molar refractivity (Wildman–Crippen MR) is 95.1 cm³/mol. The van der Waals surface area contributed by atoms with Gasteiger partial charge in [-0.05, 0) is 37.4 Å². The third kappa shape index (κ3) is 3.28. The van der Waals surface area contributed by atoms with Crippen molar-refractivity contribution in [2.45, 2.75) is 37.9 Å². The van der Waals surface area contributed by atoms with Crippen molar-refractivity contribution in [3.63, 3.8) is 0 Å². The van der Waals surface area contributed by atoms with Crippen molar-refractivity contribution in [1.29, 1.82) is 0 Å². The molecule has 2 aromatic carbocycles. The van der Waals surface area contributed by atoms with Crippen LogP contribution in [-0.2, 0) is 11.3 Å². The summed E-state index contributed by atoms with van der Waals surface area (Å²) in [6.45, 7) is 0.523. The number of carbonyl (C=O) groups is 1. The summed E-state index contributed by atoms with van der Waals surface area (Å²) < 4.78 is 53.7. The first-order chi connectivity index (χ1) is 13.5. The molecule has 2 aromatic rings. The van der Waals surface area contributed by atoms with Gasteiger partial charge in [-0.1, -0.05) is 30.3 Å². The Bertz CT molecular complexity index is 890. The third-order valence-corrected chi connectivity index (χ3v) is 5.84. The zero-order valence-corrected chi connectivity index (χ0v) is 15.1. The van der Waals surface area contributed by atoms with Gasteiger partial charge in [-0.3, -0.25) is 9.69 Å². The minimum absolute atomic E-state index is 0.0942. The number of rotatable bonds is 4. The molecule has 0 radical (unpaired) electrons. The minimum atomic E-state index is -1.86. The number of benzene rings is 2. The van der Waals surface area contributed by atoms with Crippen LogP contribution in [0, 0.1) is 29.2 Å². The fraction of sp³-hybridized carbons (Fsp3) is 0.381. The number of amides is 1. The molecule has 3 nitrogen and oxygen atoms in total. The smallest absolute Gasteiger partial charge is 0.225 e. The maximum Gasteiger partial charge on any atom is 0.225 e. The lowest BCUT2D eigenvalue weighted by atomic mass is 9.93. The molecule has 2 aliphatic rings. The van der Waals surface area contributed by atoms with Gasteiger partial charge in [0.2, 0.25) is 5.91 Å². The standard InChI is InChI=1S/C21H20F4N2O/c22-15-9-13(18(23)20(25)19(15)24)11-26-21(28)14-10-17(12-5-2-1-3-6-12)27-8-4-7-16(14)27/h1-3,5-6,9,14,16-17H,4,7-8,10-11H2,(H,26,28)/t14-,16+,17-/m1/s1. The van der Waals surface area contributed by atoms with Crippen molar-refractivity contribution in [2.24, 2.45) is 5.92 Å². The molecule has 0 aromatic heterocycles.